The number of guanidine groups is 1. The molecule has 0 unspecified atom stereocenters. The van der Waals surface area contributed by atoms with E-state index in [1.165, 1.54) is 12.1 Å². The molecular weight excluding hydrogens is 544 g/mol. The number of hydrogen-bond donors (Lipinski definition) is 7. The van der Waals surface area contributed by atoms with Gasteiger partial charge in [0.2, 0.25) is 11.8 Å². The van der Waals surface area contributed by atoms with Gasteiger partial charge in [-0.3, -0.25) is 19.8 Å². The summed E-state index contributed by atoms with van der Waals surface area (Å²) in [5.74, 6) is -1.99. The molecule has 3 amide bonds. The summed E-state index contributed by atoms with van der Waals surface area (Å²) < 4.78 is 0. The lowest BCUT2D eigenvalue weighted by Crippen LogP contribution is -2.53. The van der Waals surface area contributed by atoms with Crippen molar-refractivity contribution >= 4 is 46.9 Å². The maximum atomic E-state index is 13.6. The molecule has 0 bridgehead atoms. The van der Waals surface area contributed by atoms with Gasteiger partial charge in [0, 0.05) is 23.6 Å². The zero-order valence-electron chi connectivity index (χ0n) is 22.3. The second-order valence-corrected chi connectivity index (χ2v) is 9.75. The fourth-order valence-corrected chi connectivity index (χ4v) is 4.15. The third-order valence-corrected chi connectivity index (χ3v) is 6.41. The van der Waals surface area contributed by atoms with E-state index in [0.717, 1.165) is 5.56 Å². The average molecular weight is 577 g/mol. The molecule has 214 valence electrons. The highest BCUT2D eigenvalue weighted by atomic mass is 35.5. The number of benzene rings is 3. The Hall–Kier alpha value is -4.83. The molecule has 41 heavy (non-hydrogen) atoms. The first-order valence-corrected chi connectivity index (χ1v) is 13.3. The van der Waals surface area contributed by atoms with Crippen LogP contribution in [0.25, 0.3) is 11.6 Å². The molecule has 0 aliphatic heterocycles. The van der Waals surface area contributed by atoms with Gasteiger partial charge in [-0.05, 0) is 59.9 Å². The van der Waals surface area contributed by atoms with Crippen LogP contribution >= 0.6 is 11.6 Å². The first-order valence-electron chi connectivity index (χ1n) is 12.9. The molecule has 0 aliphatic rings. The first-order chi connectivity index (χ1) is 19.6. The van der Waals surface area contributed by atoms with Crippen LogP contribution in [0.2, 0.25) is 5.02 Å². The number of hydrogen-bond acceptors (Lipinski definition) is 5. The number of carbonyl (C=O) groups excluding carboxylic acids is 3. The molecule has 9 N–H and O–H groups in total. The van der Waals surface area contributed by atoms with E-state index in [1.807, 2.05) is 6.07 Å². The topological polar surface area (TPSA) is 183 Å². The fraction of sp³-hybridized carbons (Fsp3) is 0.200. The lowest BCUT2D eigenvalue weighted by molar-refractivity contribution is -0.130. The smallest absolute Gasteiger partial charge is 0.252 e. The summed E-state index contributed by atoms with van der Waals surface area (Å²) in [6.45, 7) is 0.300. The standard InChI is InChI=1S/C30H33ClN6O4/c31-22-12-8-19(9-13-22)17-24(21-5-2-1-3-6-21)28(40)36-25(7-4-16-35-30(33)34)29(41)37-26(27(32)39)18-20-10-14-23(38)15-11-20/h1-3,5-6,8-15,17,25-26,38H,4,7,16,18H2,(H2,32,39)(H,36,40)(H,37,41)(H4,33,34,35)/b24-17+/t25-,26+/m1/s1. The van der Waals surface area contributed by atoms with Gasteiger partial charge in [0.25, 0.3) is 5.91 Å². The maximum absolute atomic E-state index is 13.6. The summed E-state index contributed by atoms with van der Waals surface area (Å²) >= 11 is 6.02. The van der Waals surface area contributed by atoms with Crippen LogP contribution in [-0.4, -0.2) is 47.4 Å². The lowest BCUT2D eigenvalue weighted by atomic mass is 10.0. The molecule has 3 rings (SSSR count). The second kappa shape index (κ2) is 15.1. The Kier molecular flexibility index (Phi) is 11.3. The van der Waals surface area contributed by atoms with Crippen molar-refractivity contribution in [1.29, 1.82) is 5.41 Å². The largest absolute Gasteiger partial charge is 0.508 e. The van der Waals surface area contributed by atoms with Crippen molar-refractivity contribution in [1.82, 2.24) is 16.0 Å². The van der Waals surface area contributed by atoms with Crippen molar-refractivity contribution in [2.24, 2.45) is 11.5 Å². The van der Waals surface area contributed by atoms with E-state index in [-0.39, 0.29) is 24.6 Å². The monoisotopic (exact) mass is 576 g/mol. The molecule has 3 aromatic rings. The van der Waals surface area contributed by atoms with Crippen molar-refractivity contribution in [2.75, 3.05) is 6.54 Å². The maximum Gasteiger partial charge on any atom is 0.252 e. The number of amides is 3. The van der Waals surface area contributed by atoms with Gasteiger partial charge >= 0.3 is 0 Å². The Bertz CT molecular complexity index is 1380. The van der Waals surface area contributed by atoms with Crippen molar-refractivity contribution in [3.8, 4) is 5.75 Å². The molecule has 0 saturated carbocycles. The van der Waals surface area contributed by atoms with E-state index in [4.69, 9.17) is 28.5 Å². The van der Waals surface area contributed by atoms with E-state index in [9.17, 15) is 19.5 Å². The van der Waals surface area contributed by atoms with E-state index in [1.54, 1.807) is 66.7 Å². The highest BCUT2D eigenvalue weighted by Gasteiger charge is 2.27. The summed E-state index contributed by atoms with van der Waals surface area (Å²) in [5.41, 5.74) is 13.3. The number of nitrogens with two attached hydrogens (primary N) is 2. The molecule has 0 heterocycles. The summed E-state index contributed by atoms with van der Waals surface area (Å²) in [5, 5.41) is 25.6. The lowest BCUT2D eigenvalue weighted by Gasteiger charge is -2.23. The Morgan fingerprint density at radius 2 is 1.56 bits per heavy atom. The van der Waals surface area contributed by atoms with Crippen LogP contribution < -0.4 is 27.4 Å². The number of halogens is 1. The number of nitrogens with one attached hydrogen (secondary N) is 4. The van der Waals surface area contributed by atoms with Crippen LogP contribution in [0.4, 0.5) is 0 Å². The van der Waals surface area contributed by atoms with Crippen LogP contribution in [-0.2, 0) is 20.8 Å². The minimum atomic E-state index is -1.06. The molecule has 0 fully saturated rings. The SMILES string of the molecule is N=C(N)NCCC[C@@H](NC(=O)/C(=C/c1ccc(Cl)cc1)c1ccccc1)C(=O)N[C@@H](Cc1ccc(O)cc1)C(N)=O. The third kappa shape index (κ3) is 10.0. The van der Waals surface area contributed by atoms with E-state index >= 15 is 0 Å². The van der Waals surface area contributed by atoms with Gasteiger partial charge in [-0.25, -0.2) is 0 Å². The van der Waals surface area contributed by atoms with Crippen molar-refractivity contribution in [3.05, 3.63) is 101 Å². The molecule has 11 heteroatoms. The predicted octanol–water partition coefficient (Wildman–Crippen LogP) is 2.55. The van der Waals surface area contributed by atoms with E-state index < -0.39 is 29.8 Å². The molecule has 0 aromatic heterocycles. The van der Waals surface area contributed by atoms with Gasteiger partial charge in [0.1, 0.15) is 17.8 Å². The van der Waals surface area contributed by atoms with Gasteiger partial charge in [-0.15, -0.1) is 0 Å². The van der Waals surface area contributed by atoms with Crippen LogP contribution in [0.3, 0.4) is 0 Å². The van der Waals surface area contributed by atoms with Gasteiger partial charge in [0.05, 0.1) is 0 Å². The normalized spacial score (nSPS) is 12.6. The molecule has 0 radical (unpaired) electrons. The van der Waals surface area contributed by atoms with E-state index in [0.29, 0.717) is 34.7 Å². The van der Waals surface area contributed by atoms with Crippen LogP contribution in [0.1, 0.15) is 29.5 Å². The fourth-order valence-electron chi connectivity index (χ4n) is 4.02. The molecule has 3 aromatic carbocycles. The minimum absolute atomic E-state index is 0.0660. The zero-order chi connectivity index (χ0) is 29.8. The van der Waals surface area contributed by atoms with Gasteiger partial charge in [-0.2, -0.15) is 0 Å². The molecule has 0 saturated heterocycles. The number of rotatable bonds is 13. The number of carbonyl (C=O) groups is 3. The summed E-state index contributed by atoms with van der Waals surface area (Å²) in [6, 6.07) is 20.1. The molecule has 0 aliphatic carbocycles. The number of aromatic hydroxyl groups is 1. The average Bonchev–Trinajstić information content (AvgIpc) is 2.95. The van der Waals surface area contributed by atoms with E-state index in [2.05, 4.69) is 16.0 Å². The van der Waals surface area contributed by atoms with Gasteiger partial charge in [-0.1, -0.05) is 66.2 Å². The number of phenolic OH excluding ortho intramolecular Hbond substituents is 1. The minimum Gasteiger partial charge on any atom is -0.508 e. The molecule has 10 nitrogen and oxygen atoms in total. The van der Waals surface area contributed by atoms with Crippen LogP contribution in [0.5, 0.6) is 5.75 Å². The highest BCUT2D eigenvalue weighted by molar-refractivity contribution is 6.30. The Balaban J connectivity index is 1.85. The molecule has 0 spiro atoms. The number of phenols is 1. The summed E-state index contributed by atoms with van der Waals surface area (Å²) in [6.07, 6.45) is 2.37. The van der Waals surface area contributed by atoms with Crippen LogP contribution in [0, 0.1) is 5.41 Å². The van der Waals surface area contributed by atoms with Gasteiger partial charge in [0.15, 0.2) is 5.96 Å². The number of primary amides is 1. The van der Waals surface area contributed by atoms with Crippen molar-refractivity contribution in [3.63, 3.8) is 0 Å². The third-order valence-electron chi connectivity index (χ3n) is 6.15. The first kappa shape index (κ1) is 30.7. The zero-order valence-corrected chi connectivity index (χ0v) is 23.0. The van der Waals surface area contributed by atoms with Crippen molar-refractivity contribution in [2.45, 2.75) is 31.3 Å². The van der Waals surface area contributed by atoms with Gasteiger partial charge < -0.3 is 32.5 Å². The van der Waals surface area contributed by atoms with Crippen LogP contribution in [0.15, 0.2) is 78.9 Å². The predicted molar refractivity (Wildman–Crippen MR) is 160 cm³/mol. The Morgan fingerprint density at radius 1 is 0.902 bits per heavy atom. The molecular formula is C30H33ClN6O4. The molecule has 2 atom stereocenters. The quantitative estimate of drug-likeness (QED) is 0.0539. The second-order valence-electron chi connectivity index (χ2n) is 9.32. The summed E-state index contributed by atoms with van der Waals surface area (Å²) in [7, 11) is 0. The Morgan fingerprint density at radius 3 is 2.17 bits per heavy atom. The van der Waals surface area contributed by atoms with Crippen molar-refractivity contribution < 1.29 is 19.5 Å². The summed E-state index contributed by atoms with van der Waals surface area (Å²) in [4.78, 5) is 39.3. The highest BCUT2D eigenvalue weighted by Crippen LogP contribution is 2.21. The Labute approximate surface area is 243 Å².